The van der Waals surface area contributed by atoms with Crippen LogP contribution < -0.4 is 5.32 Å². The minimum atomic E-state index is -0.963. The van der Waals surface area contributed by atoms with Gasteiger partial charge in [-0.15, -0.1) is 0 Å². The summed E-state index contributed by atoms with van der Waals surface area (Å²) in [5.41, 5.74) is 2.10. The molecule has 1 amide bonds. The molecule has 1 aromatic carbocycles. The van der Waals surface area contributed by atoms with Gasteiger partial charge in [-0.05, 0) is 37.1 Å². The second kappa shape index (κ2) is 6.91. The smallest absolute Gasteiger partial charge is 0.335 e. The van der Waals surface area contributed by atoms with Gasteiger partial charge >= 0.3 is 5.97 Å². The van der Waals surface area contributed by atoms with Crippen molar-refractivity contribution in [2.24, 2.45) is 7.05 Å². The number of amides is 1. The van der Waals surface area contributed by atoms with Crippen LogP contribution in [0.1, 0.15) is 43.7 Å². The Bertz CT molecular complexity index is 744. The molecule has 0 unspecified atom stereocenters. The molecule has 23 heavy (non-hydrogen) atoms. The van der Waals surface area contributed by atoms with E-state index in [0.29, 0.717) is 24.2 Å². The van der Waals surface area contributed by atoms with Crippen molar-refractivity contribution in [3.63, 3.8) is 0 Å². The summed E-state index contributed by atoms with van der Waals surface area (Å²) < 4.78 is 1.62. The molecule has 0 saturated carbocycles. The number of aromatic nitrogens is 1. The van der Waals surface area contributed by atoms with Gasteiger partial charge < -0.3 is 15.0 Å². The summed E-state index contributed by atoms with van der Waals surface area (Å²) in [6.07, 6.45) is 2.22. The summed E-state index contributed by atoms with van der Waals surface area (Å²) >= 11 is 0. The molecule has 0 fully saturated rings. The lowest BCUT2D eigenvalue weighted by molar-refractivity contribution is 0.0696. The van der Waals surface area contributed by atoms with Crippen molar-refractivity contribution in [1.82, 2.24) is 9.88 Å². The molecule has 0 aliphatic heterocycles. The van der Waals surface area contributed by atoms with E-state index in [2.05, 4.69) is 5.32 Å². The van der Waals surface area contributed by atoms with Gasteiger partial charge in [0.2, 0.25) is 0 Å². The molecule has 2 aromatic rings. The second-order valence-electron chi connectivity index (χ2n) is 5.29. The summed E-state index contributed by atoms with van der Waals surface area (Å²) in [4.78, 5) is 34.2. The summed E-state index contributed by atoms with van der Waals surface area (Å²) in [5, 5.41) is 11.6. The molecule has 0 radical (unpaired) electrons. The molecule has 0 saturated heterocycles. The Morgan fingerprint density at radius 3 is 2.30 bits per heavy atom. The van der Waals surface area contributed by atoms with Crippen LogP contribution >= 0.6 is 0 Å². The van der Waals surface area contributed by atoms with Crippen LogP contribution in [-0.2, 0) is 13.5 Å². The van der Waals surface area contributed by atoms with Gasteiger partial charge in [-0.3, -0.25) is 9.59 Å². The third kappa shape index (κ3) is 4.06. The Kier molecular flexibility index (Phi) is 4.95. The Balaban J connectivity index is 1.92. The number of carboxylic acid groups (broad SMARTS) is 1. The largest absolute Gasteiger partial charge is 0.478 e. The molecule has 0 bridgehead atoms. The molecular formula is C17H18N2O4. The molecule has 0 spiro atoms. The summed E-state index contributed by atoms with van der Waals surface area (Å²) in [5.74, 6) is -1.30. The van der Waals surface area contributed by atoms with Gasteiger partial charge in [0.05, 0.1) is 5.56 Å². The predicted octanol–water partition coefficient (Wildman–Crippen LogP) is 1.90. The minimum Gasteiger partial charge on any atom is -0.478 e. The van der Waals surface area contributed by atoms with Gasteiger partial charge in [-0.2, -0.15) is 0 Å². The van der Waals surface area contributed by atoms with Crippen LogP contribution in [0, 0.1) is 0 Å². The highest BCUT2D eigenvalue weighted by atomic mass is 16.4. The fourth-order valence-corrected chi connectivity index (χ4v) is 2.21. The molecule has 0 atom stereocenters. The highest BCUT2D eigenvalue weighted by molar-refractivity contribution is 5.99. The molecular weight excluding hydrogens is 296 g/mol. The van der Waals surface area contributed by atoms with Crippen LogP contribution in [0.25, 0.3) is 0 Å². The maximum absolute atomic E-state index is 12.1. The highest BCUT2D eigenvalue weighted by Crippen LogP contribution is 2.08. The van der Waals surface area contributed by atoms with Crippen molar-refractivity contribution in [2.45, 2.75) is 13.3 Å². The SMILES string of the molecule is CC(=O)c1cc(C(=O)NCCc2ccc(C(=O)O)cc2)n(C)c1. The highest BCUT2D eigenvalue weighted by Gasteiger charge is 2.13. The number of nitrogens with one attached hydrogen (secondary N) is 1. The molecule has 0 aliphatic carbocycles. The topological polar surface area (TPSA) is 88.4 Å². The first-order valence-electron chi connectivity index (χ1n) is 7.16. The number of carboxylic acids is 1. The zero-order valence-electron chi connectivity index (χ0n) is 13.0. The zero-order valence-corrected chi connectivity index (χ0v) is 13.0. The number of rotatable bonds is 6. The third-order valence-electron chi connectivity index (χ3n) is 3.54. The van der Waals surface area contributed by atoms with Crippen LogP contribution in [0.15, 0.2) is 36.5 Å². The number of aryl methyl sites for hydroxylation is 1. The lowest BCUT2D eigenvalue weighted by Gasteiger charge is -2.06. The molecule has 6 heteroatoms. The quantitative estimate of drug-likeness (QED) is 0.797. The molecule has 1 heterocycles. The number of carbonyl (C=O) groups excluding carboxylic acids is 2. The number of Topliss-reactive ketones (excluding diaryl/α,β-unsaturated/α-hetero) is 1. The van der Waals surface area contributed by atoms with Gasteiger partial charge in [0, 0.05) is 25.4 Å². The first-order valence-corrected chi connectivity index (χ1v) is 7.16. The summed E-state index contributed by atoms with van der Waals surface area (Å²) in [6, 6.07) is 8.10. The molecule has 2 N–H and O–H groups in total. The van der Waals surface area contributed by atoms with Crippen LogP contribution in [-0.4, -0.2) is 33.9 Å². The van der Waals surface area contributed by atoms with E-state index in [-0.39, 0.29) is 17.3 Å². The first-order chi connectivity index (χ1) is 10.9. The first kappa shape index (κ1) is 16.5. The molecule has 120 valence electrons. The maximum Gasteiger partial charge on any atom is 0.335 e. The fraction of sp³-hybridized carbons (Fsp3) is 0.235. The van der Waals surface area contributed by atoms with Gasteiger partial charge in [0.1, 0.15) is 5.69 Å². The number of carbonyl (C=O) groups is 3. The summed E-state index contributed by atoms with van der Waals surface area (Å²) in [6.45, 7) is 1.88. The number of nitrogens with zero attached hydrogens (tertiary/aromatic N) is 1. The predicted molar refractivity (Wildman–Crippen MR) is 84.9 cm³/mol. The van der Waals surface area contributed by atoms with Crippen molar-refractivity contribution in [3.05, 3.63) is 58.9 Å². The number of hydrogen-bond acceptors (Lipinski definition) is 3. The zero-order chi connectivity index (χ0) is 17.0. The van der Waals surface area contributed by atoms with Crippen molar-refractivity contribution >= 4 is 17.7 Å². The van der Waals surface area contributed by atoms with Crippen molar-refractivity contribution in [1.29, 1.82) is 0 Å². The maximum atomic E-state index is 12.1. The molecule has 0 aliphatic rings. The Hall–Kier alpha value is -2.89. The molecule has 1 aromatic heterocycles. The monoisotopic (exact) mass is 314 g/mol. The fourth-order valence-electron chi connectivity index (χ4n) is 2.21. The van der Waals surface area contributed by atoms with Crippen LogP contribution in [0.5, 0.6) is 0 Å². The Morgan fingerprint density at radius 1 is 1.13 bits per heavy atom. The average molecular weight is 314 g/mol. The average Bonchev–Trinajstić information content (AvgIpc) is 2.90. The normalized spacial score (nSPS) is 10.3. The van der Waals surface area contributed by atoms with E-state index in [0.717, 1.165) is 5.56 Å². The van der Waals surface area contributed by atoms with Crippen LogP contribution in [0.4, 0.5) is 0 Å². The van der Waals surface area contributed by atoms with E-state index in [1.165, 1.54) is 19.1 Å². The molecule has 2 rings (SSSR count). The minimum absolute atomic E-state index is 0.0850. The van der Waals surface area contributed by atoms with Gasteiger partial charge in [-0.1, -0.05) is 12.1 Å². The van der Waals surface area contributed by atoms with E-state index in [9.17, 15) is 14.4 Å². The van der Waals surface area contributed by atoms with E-state index in [1.807, 2.05) is 0 Å². The van der Waals surface area contributed by atoms with E-state index < -0.39 is 5.97 Å². The van der Waals surface area contributed by atoms with Gasteiger partial charge in [0.25, 0.3) is 5.91 Å². The number of ketones is 1. The number of benzene rings is 1. The van der Waals surface area contributed by atoms with Crippen molar-refractivity contribution < 1.29 is 19.5 Å². The third-order valence-corrected chi connectivity index (χ3v) is 3.54. The van der Waals surface area contributed by atoms with E-state index >= 15 is 0 Å². The van der Waals surface area contributed by atoms with Crippen molar-refractivity contribution in [3.8, 4) is 0 Å². The van der Waals surface area contributed by atoms with Gasteiger partial charge in [-0.25, -0.2) is 4.79 Å². The summed E-state index contributed by atoms with van der Waals surface area (Å²) in [7, 11) is 1.71. The Morgan fingerprint density at radius 2 is 1.78 bits per heavy atom. The van der Waals surface area contributed by atoms with Crippen molar-refractivity contribution in [2.75, 3.05) is 6.54 Å². The molecule has 6 nitrogen and oxygen atoms in total. The second-order valence-corrected chi connectivity index (χ2v) is 5.29. The standard InChI is InChI=1S/C17H18N2O4/c1-11(20)14-9-15(19(2)10-14)16(21)18-8-7-12-3-5-13(6-4-12)17(22)23/h3-6,9-10H,7-8H2,1-2H3,(H,18,21)(H,22,23). The van der Waals surface area contributed by atoms with Gasteiger partial charge in [0.15, 0.2) is 5.78 Å². The van der Waals surface area contributed by atoms with E-state index in [4.69, 9.17) is 5.11 Å². The van der Waals surface area contributed by atoms with E-state index in [1.54, 1.807) is 36.0 Å². The lowest BCUT2D eigenvalue weighted by atomic mass is 10.1. The van der Waals surface area contributed by atoms with Crippen LogP contribution in [0.2, 0.25) is 0 Å². The van der Waals surface area contributed by atoms with Crippen LogP contribution in [0.3, 0.4) is 0 Å². The number of aromatic carboxylic acids is 1. The number of hydrogen-bond donors (Lipinski definition) is 2. The lowest BCUT2D eigenvalue weighted by Crippen LogP contribution is -2.27. The Labute approximate surface area is 133 Å².